The molecule has 0 radical (unpaired) electrons. The molecule has 0 aliphatic carbocycles. The fraction of sp³-hybridized carbons (Fsp3) is 0.105. The van der Waals surface area contributed by atoms with Crippen LogP contribution in [0.4, 0.5) is 14.9 Å². The Bertz CT molecular complexity index is 1040. The summed E-state index contributed by atoms with van der Waals surface area (Å²) in [5.41, 5.74) is 0.481. The number of methoxy groups -OCH3 is 1. The molecule has 10 heteroatoms. The van der Waals surface area contributed by atoms with E-state index in [1.807, 2.05) is 0 Å². The number of anilines is 1. The van der Waals surface area contributed by atoms with Crippen molar-refractivity contribution >= 4 is 56.5 Å². The van der Waals surface area contributed by atoms with Gasteiger partial charge in [0.05, 0.1) is 12.0 Å². The van der Waals surface area contributed by atoms with Gasteiger partial charge in [-0.1, -0.05) is 22.0 Å². The SMILES string of the molecule is COc1cc(Br)cc(/C=C2/SC(=O)N(CC(=O)Nc3cccc(F)c3)C2=O)c1O. The fourth-order valence-electron chi connectivity index (χ4n) is 2.55. The van der Waals surface area contributed by atoms with Gasteiger partial charge in [0.2, 0.25) is 5.91 Å². The van der Waals surface area contributed by atoms with Gasteiger partial charge in [-0.05, 0) is 48.2 Å². The lowest BCUT2D eigenvalue weighted by atomic mass is 10.1. The zero-order valence-corrected chi connectivity index (χ0v) is 17.3. The molecular formula is C19H14BrFN2O5S. The Kier molecular flexibility index (Phi) is 6.23. The van der Waals surface area contributed by atoms with E-state index in [4.69, 9.17) is 4.74 Å². The number of aromatic hydroxyl groups is 1. The zero-order chi connectivity index (χ0) is 21.1. The molecule has 2 aromatic carbocycles. The number of amides is 3. The monoisotopic (exact) mass is 480 g/mol. The maximum absolute atomic E-state index is 13.2. The molecular weight excluding hydrogens is 467 g/mol. The molecule has 1 aliphatic rings. The predicted molar refractivity (Wildman–Crippen MR) is 110 cm³/mol. The summed E-state index contributed by atoms with van der Waals surface area (Å²) >= 11 is 3.92. The average molecular weight is 481 g/mol. The first-order valence-corrected chi connectivity index (χ1v) is 9.76. The Morgan fingerprint density at radius 3 is 2.79 bits per heavy atom. The van der Waals surface area contributed by atoms with Crippen molar-refractivity contribution in [2.24, 2.45) is 0 Å². The number of phenols is 1. The zero-order valence-electron chi connectivity index (χ0n) is 14.9. The van der Waals surface area contributed by atoms with Crippen LogP contribution in [0.25, 0.3) is 6.08 Å². The van der Waals surface area contributed by atoms with E-state index in [2.05, 4.69) is 21.2 Å². The summed E-state index contributed by atoms with van der Waals surface area (Å²) in [6, 6.07) is 8.36. The second-order valence-corrected chi connectivity index (χ2v) is 7.78. The van der Waals surface area contributed by atoms with Crippen molar-refractivity contribution < 1.29 is 28.6 Å². The van der Waals surface area contributed by atoms with Crippen molar-refractivity contribution in [1.29, 1.82) is 0 Å². The van der Waals surface area contributed by atoms with Crippen LogP contribution in [0, 0.1) is 5.82 Å². The molecule has 1 saturated heterocycles. The minimum Gasteiger partial charge on any atom is -0.504 e. The highest BCUT2D eigenvalue weighted by Gasteiger charge is 2.36. The third-order valence-corrected chi connectivity index (χ3v) is 5.22. The first-order valence-electron chi connectivity index (χ1n) is 8.15. The highest BCUT2D eigenvalue weighted by atomic mass is 79.9. The third-order valence-electron chi connectivity index (χ3n) is 3.86. The standard InChI is InChI=1S/C19H14BrFN2O5S/c1-28-14-7-11(20)5-10(17(14)25)6-15-18(26)23(19(27)29-15)9-16(24)22-13-4-2-3-12(21)8-13/h2-8,25H,9H2,1H3,(H,22,24)/b15-6+. The Morgan fingerprint density at radius 2 is 2.10 bits per heavy atom. The van der Waals surface area contributed by atoms with Gasteiger partial charge in [0.1, 0.15) is 12.4 Å². The van der Waals surface area contributed by atoms with E-state index in [0.29, 0.717) is 16.2 Å². The molecule has 0 atom stereocenters. The van der Waals surface area contributed by atoms with Gasteiger partial charge in [0, 0.05) is 15.7 Å². The summed E-state index contributed by atoms with van der Waals surface area (Å²) in [5, 5.41) is 12.0. The van der Waals surface area contributed by atoms with E-state index in [1.165, 1.54) is 31.4 Å². The van der Waals surface area contributed by atoms with Crippen LogP contribution < -0.4 is 10.1 Å². The molecule has 3 amide bonds. The van der Waals surface area contributed by atoms with Crippen LogP contribution in [0.15, 0.2) is 45.8 Å². The van der Waals surface area contributed by atoms with E-state index in [9.17, 15) is 23.9 Å². The normalized spacial score (nSPS) is 15.1. The molecule has 1 aliphatic heterocycles. The van der Waals surface area contributed by atoms with Crippen molar-refractivity contribution in [3.63, 3.8) is 0 Å². The Labute approximate surface area is 177 Å². The highest BCUT2D eigenvalue weighted by Crippen LogP contribution is 2.38. The van der Waals surface area contributed by atoms with Crippen LogP contribution >= 0.6 is 27.7 Å². The van der Waals surface area contributed by atoms with Crippen molar-refractivity contribution in [3.8, 4) is 11.5 Å². The molecule has 3 rings (SSSR count). The highest BCUT2D eigenvalue weighted by molar-refractivity contribution is 9.10. The van der Waals surface area contributed by atoms with Crippen LogP contribution in [0.3, 0.4) is 0 Å². The molecule has 0 aromatic heterocycles. The van der Waals surface area contributed by atoms with Crippen molar-refractivity contribution in [2.75, 3.05) is 19.0 Å². The molecule has 0 spiro atoms. The quantitative estimate of drug-likeness (QED) is 0.628. The first-order chi connectivity index (χ1) is 13.8. The van der Waals surface area contributed by atoms with Crippen LogP contribution in [0.5, 0.6) is 11.5 Å². The minimum absolute atomic E-state index is 0.0454. The van der Waals surface area contributed by atoms with Gasteiger partial charge >= 0.3 is 0 Å². The van der Waals surface area contributed by atoms with Crippen LogP contribution in [0.1, 0.15) is 5.56 Å². The maximum Gasteiger partial charge on any atom is 0.294 e. The third kappa shape index (κ3) is 4.77. The smallest absolute Gasteiger partial charge is 0.294 e. The Hall–Kier alpha value is -2.85. The number of hydrogen-bond acceptors (Lipinski definition) is 6. The molecule has 2 N–H and O–H groups in total. The summed E-state index contributed by atoms with van der Waals surface area (Å²) in [7, 11) is 1.39. The fourth-order valence-corrected chi connectivity index (χ4v) is 3.83. The number of benzene rings is 2. The molecule has 1 fully saturated rings. The minimum atomic E-state index is -0.673. The summed E-state index contributed by atoms with van der Waals surface area (Å²) < 4.78 is 18.9. The van der Waals surface area contributed by atoms with Crippen molar-refractivity contribution in [1.82, 2.24) is 4.90 Å². The second kappa shape index (κ2) is 8.66. The molecule has 0 bridgehead atoms. The number of halogens is 2. The number of rotatable bonds is 5. The Morgan fingerprint density at radius 1 is 1.34 bits per heavy atom. The van der Waals surface area contributed by atoms with Crippen molar-refractivity contribution in [2.45, 2.75) is 0 Å². The van der Waals surface area contributed by atoms with Gasteiger partial charge in [0.25, 0.3) is 11.1 Å². The topological polar surface area (TPSA) is 95.9 Å². The number of carbonyl (C=O) groups excluding carboxylic acids is 3. The number of phenolic OH excluding ortho intramolecular Hbond substituents is 1. The predicted octanol–water partition coefficient (Wildman–Crippen LogP) is 3.98. The number of thioether (sulfide) groups is 1. The lowest BCUT2D eigenvalue weighted by Gasteiger charge is -2.12. The first kappa shape index (κ1) is 20.9. The number of ether oxygens (including phenoxy) is 1. The van der Waals surface area contributed by atoms with Gasteiger partial charge in [-0.15, -0.1) is 0 Å². The Balaban J connectivity index is 1.77. The molecule has 2 aromatic rings. The molecule has 7 nitrogen and oxygen atoms in total. The summed E-state index contributed by atoms with van der Waals surface area (Å²) in [5.74, 6) is -1.84. The van der Waals surface area contributed by atoms with E-state index in [1.54, 1.807) is 12.1 Å². The molecule has 0 saturated carbocycles. The van der Waals surface area contributed by atoms with Gasteiger partial charge in [-0.25, -0.2) is 4.39 Å². The maximum atomic E-state index is 13.2. The molecule has 150 valence electrons. The molecule has 1 heterocycles. The van der Waals surface area contributed by atoms with E-state index in [-0.39, 0.29) is 27.7 Å². The van der Waals surface area contributed by atoms with Gasteiger partial charge in [-0.3, -0.25) is 19.3 Å². The molecule has 29 heavy (non-hydrogen) atoms. The lowest BCUT2D eigenvalue weighted by molar-refractivity contribution is -0.127. The second-order valence-electron chi connectivity index (χ2n) is 5.87. The van der Waals surface area contributed by atoms with Gasteiger partial charge in [0.15, 0.2) is 11.5 Å². The number of nitrogens with one attached hydrogen (secondary N) is 1. The van der Waals surface area contributed by atoms with E-state index in [0.717, 1.165) is 11.0 Å². The number of hydrogen-bond donors (Lipinski definition) is 2. The average Bonchev–Trinajstić information content (AvgIpc) is 2.91. The van der Waals surface area contributed by atoms with Crippen LogP contribution in [-0.2, 0) is 9.59 Å². The van der Waals surface area contributed by atoms with Gasteiger partial charge in [-0.2, -0.15) is 0 Å². The van der Waals surface area contributed by atoms with Gasteiger partial charge < -0.3 is 15.2 Å². The number of carbonyl (C=O) groups is 3. The van der Waals surface area contributed by atoms with Crippen LogP contribution in [-0.4, -0.2) is 40.7 Å². The van der Waals surface area contributed by atoms with E-state index < -0.39 is 29.4 Å². The van der Waals surface area contributed by atoms with Crippen LogP contribution in [0.2, 0.25) is 0 Å². The van der Waals surface area contributed by atoms with E-state index >= 15 is 0 Å². The van der Waals surface area contributed by atoms with Crippen molar-refractivity contribution in [3.05, 3.63) is 57.2 Å². The number of nitrogens with zero attached hydrogens (tertiary/aromatic N) is 1. The number of imide groups is 1. The molecule has 0 unspecified atom stereocenters. The summed E-state index contributed by atoms with van der Waals surface area (Å²) in [6.45, 7) is -0.522. The largest absolute Gasteiger partial charge is 0.504 e. The lowest BCUT2D eigenvalue weighted by Crippen LogP contribution is -2.36. The summed E-state index contributed by atoms with van der Waals surface area (Å²) in [6.07, 6.45) is 1.35. The summed E-state index contributed by atoms with van der Waals surface area (Å²) in [4.78, 5) is 37.7.